The topological polar surface area (TPSA) is 21.3 Å². The molecule has 0 spiro atoms. The van der Waals surface area contributed by atoms with E-state index in [2.05, 4.69) is 21.2 Å². The first-order valence-corrected chi connectivity index (χ1v) is 6.51. The largest absolute Gasteiger partial charge is 0.497 e. The van der Waals surface area contributed by atoms with Gasteiger partial charge in [-0.1, -0.05) is 15.9 Å². The van der Waals surface area contributed by atoms with Crippen LogP contribution in [-0.2, 0) is 6.54 Å². The van der Waals surface area contributed by atoms with Gasteiger partial charge in [0.1, 0.15) is 17.3 Å². The molecule has 0 saturated heterocycles. The monoisotopic (exact) mass is 345 g/mol. The Kier molecular flexibility index (Phi) is 4.54. The molecule has 2 nitrogen and oxygen atoms in total. The van der Waals surface area contributed by atoms with Gasteiger partial charge in [-0.2, -0.15) is 0 Å². The van der Waals surface area contributed by atoms with Crippen molar-refractivity contribution >= 4 is 21.6 Å². The molecular formula is C14H11BrF3NO. The van der Waals surface area contributed by atoms with Gasteiger partial charge in [0.05, 0.1) is 7.11 Å². The molecule has 0 aliphatic carbocycles. The molecule has 0 amide bonds. The van der Waals surface area contributed by atoms with Gasteiger partial charge in [-0.05, 0) is 23.8 Å². The molecule has 0 saturated carbocycles. The molecule has 0 aliphatic rings. The van der Waals surface area contributed by atoms with Crippen LogP contribution in [0.2, 0.25) is 0 Å². The highest BCUT2D eigenvalue weighted by molar-refractivity contribution is 9.10. The predicted molar refractivity (Wildman–Crippen MR) is 74.3 cm³/mol. The lowest BCUT2D eigenvalue weighted by Crippen LogP contribution is -2.05. The summed E-state index contributed by atoms with van der Waals surface area (Å²) < 4.78 is 45.6. The van der Waals surface area contributed by atoms with E-state index in [-0.39, 0.29) is 12.2 Å². The van der Waals surface area contributed by atoms with Gasteiger partial charge >= 0.3 is 0 Å². The van der Waals surface area contributed by atoms with E-state index in [0.29, 0.717) is 17.9 Å². The second-order valence-corrected chi connectivity index (χ2v) is 4.91. The maximum absolute atomic E-state index is 13.5. The summed E-state index contributed by atoms with van der Waals surface area (Å²) >= 11 is 3.34. The first-order chi connectivity index (χ1) is 9.51. The summed E-state index contributed by atoms with van der Waals surface area (Å²) in [6.45, 7) is 0.164. The van der Waals surface area contributed by atoms with Crippen LogP contribution in [0.15, 0.2) is 34.8 Å². The fraction of sp³-hybridized carbons (Fsp3) is 0.143. The Morgan fingerprint density at radius 2 is 1.75 bits per heavy atom. The quantitative estimate of drug-likeness (QED) is 0.881. The minimum absolute atomic E-state index is 0.164. The summed E-state index contributed by atoms with van der Waals surface area (Å²) in [6.07, 6.45) is 0. The summed E-state index contributed by atoms with van der Waals surface area (Å²) in [5.41, 5.74) is 0.397. The average Bonchev–Trinajstić information content (AvgIpc) is 2.39. The molecule has 0 fully saturated rings. The smallest absolute Gasteiger partial charge is 0.152 e. The maximum Gasteiger partial charge on any atom is 0.152 e. The van der Waals surface area contributed by atoms with Crippen LogP contribution in [0, 0.1) is 17.5 Å². The number of methoxy groups -OCH3 is 1. The van der Waals surface area contributed by atoms with E-state index in [0.717, 1.165) is 10.0 Å². The first-order valence-electron chi connectivity index (χ1n) is 5.72. The van der Waals surface area contributed by atoms with Gasteiger partial charge in [0.15, 0.2) is 11.6 Å². The summed E-state index contributed by atoms with van der Waals surface area (Å²) in [5, 5.41) is 2.61. The van der Waals surface area contributed by atoms with Crippen molar-refractivity contribution in [2.45, 2.75) is 6.54 Å². The lowest BCUT2D eigenvalue weighted by molar-refractivity contribution is 0.414. The summed E-state index contributed by atoms with van der Waals surface area (Å²) in [7, 11) is 1.53. The fourth-order valence-electron chi connectivity index (χ4n) is 1.71. The van der Waals surface area contributed by atoms with Crippen LogP contribution >= 0.6 is 15.9 Å². The van der Waals surface area contributed by atoms with E-state index in [1.807, 2.05) is 0 Å². The second-order valence-electron chi connectivity index (χ2n) is 4.06. The van der Waals surface area contributed by atoms with E-state index < -0.39 is 17.5 Å². The van der Waals surface area contributed by atoms with Crippen molar-refractivity contribution in [3.8, 4) is 5.75 Å². The summed E-state index contributed by atoms with van der Waals surface area (Å²) in [6, 6.07) is 6.52. The van der Waals surface area contributed by atoms with Crippen LogP contribution < -0.4 is 10.1 Å². The van der Waals surface area contributed by atoms with Crippen LogP contribution in [0.1, 0.15) is 5.56 Å². The second kappa shape index (κ2) is 6.17. The zero-order valence-electron chi connectivity index (χ0n) is 10.5. The van der Waals surface area contributed by atoms with Gasteiger partial charge < -0.3 is 10.1 Å². The van der Waals surface area contributed by atoms with Gasteiger partial charge in [0, 0.05) is 23.2 Å². The number of benzene rings is 2. The van der Waals surface area contributed by atoms with Crippen molar-refractivity contribution in [1.82, 2.24) is 0 Å². The average molecular weight is 346 g/mol. The minimum Gasteiger partial charge on any atom is -0.497 e. The third-order valence-corrected chi connectivity index (χ3v) is 3.49. The van der Waals surface area contributed by atoms with Crippen LogP contribution in [0.4, 0.5) is 18.9 Å². The molecule has 0 atom stereocenters. The molecule has 106 valence electrons. The zero-order valence-corrected chi connectivity index (χ0v) is 12.1. The molecular weight excluding hydrogens is 335 g/mol. The highest BCUT2D eigenvalue weighted by Gasteiger charge is 2.12. The molecule has 2 aromatic carbocycles. The number of ether oxygens (including phenoxy) is 1. The van der Waals surface area contributed by atoms with Crippen LogP contribution in [0.5, 0.6) is 5.75 Å². The van der Waals surface area contributed by atoms with E-state index in [9.17, 15) is 13.2 Å². The van der Waals surface area contributed by atoms with Crippen molar-refractivity contribution in [2.75, 3.05) is 12.4 Å². The Bertz CT molecular complexity index is 611. The molecule has 0 heterocycles. The Hall–Kier alpha value is -1.69. The van der Waals surface area contributed by atoms with Gasteiger partial charge in [-0.3, -0.25) is 0 Å². The van der Waals surface area contributed by atoms with E-state index >= 15 is 0 Å². The van der Waals surface area contributed by atoms with Crippen LogP contribution in [-0.4, -0.2) is 7.11 Å². The molecule has 6 heteroatoms. The minimum atomic E-state index is -0.971. The highest BCUT2D eigenvalue weighted by Crippen LogP contribution is 2.25. The summed E-state index contributed by atoms with van der Waals surface area (Å²) in [4.78, 5) is 0. The zero-order chi connectivity index (χ0) is 14.7. The highest BCUT2D eigenvalue weighted by atomic mass is 79.9. The predicted octanol–water partition coefficient (Wildman–Crippen LogP) is 4.49. The SMILES string of the molecule is COc1ccc(Br)c(CNc2c(F)cc(F)cc2F)c1. The van der Waals surface area contributed by atoms with E-state index in [4.69, 9.17) is 4.74 Å². The molecule has 0 aromatic heterocycles. The molecule has 0 aliphatic heterocycles. The number of hydrogen-bond donors (Lipinski definition) is 1. The van der Waals surface area contributed by atoms with Crippen molar-refractivity contribution in [3.63, 3.8) is 0 Å². The fourth-order valence-corrected chi connectivity index (χ4v) is 2.10. The van der Waals surface area contributed by atoms with Crippen LogP contribution in [0.25, 0.3) is 0 Å². The standard InChI is InChI=1S/C14H11BrF3NO/c1-20-10-2-3-11(15)8(4-10)7-19-14-12(17)5-9(16)6-13(14)18/h2-6,19H,7H2,1H3. The number of anilines is 1. The third kappa shape index (κ3) is 3.25. The molecule has 0 radical (unpaired) electrons. The molecule has 0 unspecified atom stereocenters. The number of nitrogens with one attached hydrogen (secondary N) is 1. The van der Waals surface area contributed by atoms with Gasteiger partial charge in [-0.25, -0.2) is 13.2 Å². The van der Waals surface area contributed by atoms with Crippen molar-refractivity contribution < 1.29 is 17.9 Å². The van der Waals surface area contributed by atoms with E-state index in [1.165, 1.54) is 7.11 Å². The van der Waals surface area contributed by atoms with Crippen molar-refractivity contribution in [1.29, 1.82) is 0 Å². The number of halogens is 4. The maximum atomic E-state index is 13.5. The van der Waals surface area contributed by atoms with Crippen molar-refractivity contribution in [2.24, 2.45) is 0 Å². The Morgan fingerprint density at radius 3 is 2.35 bits per heavy atom. The normalized spacial score (nSPS) is 10.4. The lowest BCUT2D eigenvalue weighted by Gasteiger charge is -2.11. The number of hydrogen-bond acceptors (Lipinski definition) is 2. The number of rotatable bonds is 4. The third-order valence-electron chi connectivity index (χ3n) is 2.72. The Labute approximate surface area is 122 Å². The molecule has 1 N–H and O–H groups in total. The Morgan fingerprint density at radius 1 is 1.10 bits per heavy atom. The van der Waals surface area contributed by atoms with Gasteiger partial charge in [-0.15, -0.1) is 0 Å². The molecule has 20 heavy (non-hydrogen) atoms. The lowest BCUT2D eigenvalue weighted by atomic mass is 10.2. The Balaban J connectivity index is 2.21. The molecule has 0 bridgehead atoms. The molecule has 2 rings (SSSR count). The summed E-state index contributed by atoms with van der Waals surface area (Å²) in [5.74, 6) is -2.26. The van der Waals surface area contributed by atoms with Gasteiger partial charge in [0.25, 0.3) is 0 Å². The van der Waals surface area contributed by atoms with E-state index in [1.54, 1.807) is 18.2 Å². The molecule has 2 aromatic rings. The van der Waals surface area contributed by atoms with Crippen LogP contribution in [0.3, 0.4) is 0 Å². The first kappa shape index (κ1) is 14.7. The van der Waals surface area contributed by atoms with Gasteiger partial charge in [0.2, 0.25) is 0 Å². The van der Waals surface area contributed by atoms with Crippen molar-refractivity contribution in [3.05, 3.63) is 57.8 Å².